The van der Waals surface area contributed by atoms with Crippen LogP contribution in [0.3, 0.4) is 0 Å². The SMILES string of the molecule is CC1CC(c2cc(O)ccc2N)C1. The van der Waals surface area contributed by atoms with Gasteiger partial charge in [-0.15, -0.1) is 0 Å². The molecule has 0 aromatic heterocycles. The maximum absolute atomic E-state index is 9.32. The molecule has 2 rings (SSSR count). The summed E-state index contributed by atoms with van der Waals surface area (Å²) in [4.78, 5) is 0. The molecule has 0 amide bonds. The standard InChI is InChI=1S/C11H15NO/c1-7-4-8(5-7)10-6-9(13)2-3-11(10)12/h2-3,6-8,13H,4-5,12H2,1H3. The molecule has 0 saturated heterocycles. The summed E-state index contributed by atoms with van der Waals surface area (Å²) in [5.74, 6) is 1.71. The fraction of sp³-hybridized carbons (Fsp3) is 0.455. The Morgan fingerprint density at radius 3 is 2.69 bits per heavy atom. The highest BCUT2D eigenvalue weighted by atomic mass is 16.3. The van der Waals surface area contributed by atoms with Crippen LogP contribution < -0.4 is 5.73 Å². The Labute approximate surface area is 78.4 Å². The number of benzene rings is 1. The predicted molar refractivity (Wildman–Crippen MR) is 53.7 cm³/mol. The van der Waals surface area contributed by atoms with Gasteiger partial charge in [0.25, 0.3) is 0 Å². The summed E-state index contributed by atoms with van der Waals surface area (Å²) in [7, 11) is 0. The van der Waals surface area contributed by atoms with Crippen LogP contribution in [0.2, 0.25) is 0 Å². The van der Waals surface area contributed by atoms with E-state index in [0.29, 0.717) is 11.7 Å². The van der Waals surface area contributed by atoms with Crippen LogP contribution in [0.4, 0.5) is 5.69 Å². The molecule has 1 fully saturated rings. The minimum Gasteiger partial charge on any atom is -0.508 e. The molecular weight excluding hydrogens is 162 g/mol. The van der Waals surface area contributed by atoms with E-state index < -0.39 is 0 Å². The number of nitrogens with two attached hydrogens (primary N) is 1. The highest BCUT2D eigenvalue weighted by molar-refractivity contribution is 5.52. The summed E-state index contributed by atoms with van der Waals surface area (Å²) in [5, 5.41) is 9.32. The summed E-state index contributed by atoms with van der Waals surface area (Å²) in [6.07, 6.45) is 2.40. The molecule has 0 unspecified atom stereocenters. The third-order valence-corrected chi connectivity index (χ3v) is 2.88. The average Bonchev–Trinajstić information content (AvgIpc) is 2.04. The molecule has 1 aliphatic carbocycles. The number of aromatic hydroxyl groups is 1. The third-order valence-electron chi connectivity index (χ3n) is 2.88. The van der Waals surface area contributed by atoms with Gasteiger partial charge >= 0.3 is 0 Å². The molecule has 0 spiro atoms. The molecule has 70 valence electrons. The van der Waals surface area contributed by atoms with E-state index in [1.165, 1.54) is 12.8 Å². The van der Waals surface area contributed by atoms with Crippen molar-refractivity contribution in [1.29, 1.82) is 0 Å². The Kier molecular flexibility index (Phi) is 1.91. The molecule has 1 saturated carbocycles. The highest BCUT2D eigenvalue weighted by Gasteiger charge is 2.28. The van der Waals surface area contributed by atoms with Crippen molar-refractivity contribution < 1.29 is 5.11 Å². The monoisotopic (exact) mass is 177 g/mol. The molecule has 0 atom stereocenters. The number of rotatable bonds is 1. The van der Waals surface area contributed by atoms with E-state index in [0.717, 1.165) is 17.2 Å². The first-order chi connectivity index (χ1) is 6.16. The average molecular weight is 177 g/mol. The lowest BCUT2D eigenvalue weighted by atomic mass is 9.72. The minimum atomic E-state index is 0.323. The van der Waals surface area contributed by atoms with Crippen molar-refractivity contribution in [2.75, 3.05) is 5.73 Å². The van der Waals surface area contributed by atoms with Gasteiger partial charge in [0.05, 0.1) is 0 Å². The zero-order valence-corrected chi connectivity index (χ0v) is 7.83. The van der Waals surface area contributed by atoms with Gasteiger partial charge in [0.1, 0.15) is 5.75 Å². The molecule has 2 nitrogen and oxygen atoms in total. The second-order valence-corrected chi connectivity index (χ2v) is 4.09. The van der Waals surface area contributed by atoms with Gasteiger partial charge in [-0.2, -0.15) is 0 Å². The number of anilines is 1. The number of phenolic OH excluding ortho intramolecular Hbond substituents is 1. The Balaban J connectivity index is 2.24. The minimum absolute atomic E-state index is 0.323. The number of phenols is 1. The van der Waals surface area contributed by atoms with Gasteiger partial charge in [-0.3, -0.25) is 0 Å². The van der Waals surface area contributed by atoms with Gasteiger partial charge in [-0.05, 0) is 48.4 Å². The second-order valence-electron chi connectivity index (χ2n) is 4.09. The molecule has 1 aromatic rings. The summed E-state index contributed by atoms with van der Waals surface area (Å²) < 4.78 is 0. The fourth-order valence-corrected chi connectivity index (χ4v) is 2.07. The molecule has 0 radical (unpaired) electrons. The quantitative estimate of drug-likeness (QED) is 0.511. The van der Waals surface area contributed by atoms with Crippen molar-refractivity contribution in [2.45, 2.75) is 25.7 Å². The van der Waals surface area contributed by atoms with Gasteiger partial charge in [0.2, 0.25) is 0 Å². The molecule has 1 aromatic carbocycles. The van der Waals surface area contributed by atoms with Gasteiger partial charge < -0.3 is 10.8 Å². The van der Waals surface area contributed by atoms with Gasteiger partial charge in [0.15, 0.2) is 0 Å². The first-order valence-electron chi connectivity index (χ1n) is 4.75. The van der Waals surface area contributed by atoms with E-state index in [4.69, 9.17) is 5.73 Å². The van der Waals surface area contributed by atoms with Crippen LogP contribution in [0.1, 0.15) is 31.2 Å². The summed E-state index contributed by atoms with van der Waals surface area (Å²) in [6.45, 7) is 2.25. The van der Waals surface area contributed by atoms with E-state index in [2.05, 4.69) is 6.92 Å². The Bertz CT molecular complexity index is 316. The first kappa shape index (κ1) is 8.42. The van der Waals surface area contributed by atoms with E-state index in [1.54, 1.807) is 18.2 Å². The maximum atomic E-state index is 9.32. The van der Waals surface area contributed by atoms with Crippen LogP contribution in [0, 0.1) is 5.92 Å². The van der Waals surface area contributed by atoms with Crippen LogP contribution in [0.25, 0.3) is 0 Å². The van der Waals surface area contributed by atoms with Crippen LogP contribution in [0.5, 0.6) is 5.75 Å². The lowest BCUT2D eigenvalue weighted by Crippen LogP contribution is -2.19. The predicted octanol–water partition coefficient (Wildman–Crippen LogP) is 2.49. The Morgan fingerprint density at radius 2 is 2.08 bits per heavy atom. The number of hydrogen-bond acceptors (Lipinski definition) is 2. The van der Waals surface area contributed by atoms with Crippen molar-refractivity contribution in [3.05, 3.63) is 23.8 Å². The molecule has 0 heterocycles. The molecule has 0 aliphatic heterocycles. The van der Waals surface area contributed by atoms with Crippen LogP contribution in [0.15, 0.2) is 18.2 Å². The third kappa shape index (κ3) is 1.48. The highest BCUT2D eigenvalue weighted by Crippen LogP contribution is 2.43. The summed E-state index contributed by atoms with van der Waals surface area (Å²) in [5.41, 5.74) is 7.77. The number of hydrogen-bond donors (Lipinski definition) is 2. The van der Waals surface area contributed by atoms with E-state index >= 15 is 0 Å². The fourth-order valence-electron chi connectivity index (χ4n) is 2.07. The van der Waals surface area contributed by atoms with Crippen LogP contribution in [-0.4, -0.2) is 5.11 Å². The van der Waals surface area contributed by atoms with Crippen molar-refractivity contribution in [2.24, 2.45) is 5.92 Å². The zero-order valence-electron chi connectivity index (χ0n) is 7.83. The van der Waals surface area contributed by atoms with Crippen molar-refractivity contribution >= 4 is 5.69 Å². The van der Waals surface area contributed by atoms with Crippen molar-refractivity contribution in [3.63, 3.8) is 0 Å². The largest absolute Gasteiger partial charge is 0.508 e. The Hall–Kier alpha value is -1.18. The molecule has 13 heavy (non-hydrogen) atoms. The van der Waals surface area contributed by atoms with Crippen molar-refractivity contribution in [3.8, 4) is 5.75 Å². The molecule has 3 N–H and O–H groups in total. The summed E-state index contributed by atoms with van der Waals surface area (Å²) >= 11 is 0. The molecular formula is C11H15NO. The lowest BCUT2D eigenvalue weighted by molar-refractivity contribution is 0.288. The van der Waals surface area contributed by atoms with Crippen LogP contribution in [-0.2, 0) is 0 Å². The lowest BCUT2D eigenvalue weighted by Gasteiger charge is -2.33. The van der Waals surface area contributed by atoms with E-state index in [-0.39, 0.29) is 0 Å². The van der Waals surface area contributed by atoms with Gasteiger partial charge in [0, 0.05) is 5.69 Å². The first-order valence-corrected chi connectivity index (χ1v) is 4.75. The van der Waals surface area contributed by atoms with Gasteiger partial charge in [-0.25, -0.2) is 0 Å². The second kappa shape index (κ2) is 2.95. The maximum Gasteiger partial charge on any atom is 0.116 e. The zero-order chi connectivity index (χ0) is 9.42. The number of nitrogen functional groups attached to an aromatic ring is 1. The molecule has 0 bridgehead atoms. The summed E-state index contributed by atoms with van der Waals surface area (Å²) in [6, 6.07) is 5.22. The molecule has 2 heteroatoms. The molecule has 1 aliphatic rings. The normalized spacial score (nSPS) is 26.8. The smallest absolute Gasteiger partial charge is 0.116 e. The van der Waals surface area contributed by atoms with Gasteiger partial charge in [-0.1, -0.05) is 6.92 Å². The van der Waals surface area contributed by atoms with Crippen LogP contribution >= 0.6 is 0 Å². The Morgan fingerprint density at radius 1 is 1.38 bits per heavy atom. The van der Waals surface area contributed by atoms with E-state index in [9.17, 15) is 5.11 Å². The topological polar surface area (TPSA) is 46.2 Å². The van der Waals surface area contributed by atoms with E-state index in [1.807, 2.05) is 0 Å². The van der Waals surface area contributed by atoms with Crippen molar-refractivity contribution in [1.82, 2.24) is 0 Å².